The Bertz CT molecular complexity index is 444. The number of hydrogen-bond acceptors (Lipinski definition) is 1. The second kappa shape index (κ2) is 7.83. The fourth-order valence-electron chi connectivity index (χ4n) is 1.60. The minimum Gasteiger partial charge on any atom is -1.00 e. The SMILES string of the molecule is CC(=Nc1ccc(C)cc1)C1=CC=CC1.[Cl-].[Hg+]. The maximum Gasteiger partial charge on any atom is 1.00 e. The van der Waals surface area contributed by atoms with Crippen LogP contribution in [0.15, 0.2) is 53.1 Å². The van der Waals surface area contributed by atoms with E-state index in [1.54, 1.807) is 0 Å². The van der Waals surface area contributed by atoms with Crippen molar-refractivity contribution >= 4 is 11.4 Å². The van der Waals surface area contributed by atoms with Gasteiger partial charge < -0.3 is 12.4 Å². The van der Waals surface area contributed by atoms with Gasteiger partial charge in [0, 0.05) is 5.71 Å². The van der Waals surface area contributed by atoms with Gasteiger partial charge in [-0.05, 0) is 38.0 Å². The standard InChI is InChI=1S/C14H15N.ClH.Hg/c1-11-7-9-14(10-8-11)15-12(2)13-5-3-4-6-13;;/h3-5,7-10H,6H2,1-2H3;1H;/q;;+1/p-1. The van der Waals surface area contributed by atoms with Gasteiger partial charge in [-0.25, -0.2) is 0 Å². The van der Waals surface area contributed by atoms with Gasteiger partial charge in [0.1, 0.15) is 0 Å². The second-order valence-corrected chi connectivity index (χ2v) is 3.86. The number of benzene rings is 1. The first kappa shape index (κ1) is 16.6. The monoisotopic (exact) mass is 434 g/mol. The summed E-state index contributed by atoms with van der Waals surface area (Å²) in [6, 6.07) is 8.30. The summed E-state index contributed by atoms with van der Waals surface area (Å²) >= 11 is 0. The molecule has 1 radical (unpaired) electrons. The average Bonchev–Trinajstić information content (AvgIpc) is 2.74. The Kier molecular flexibility index (Phi) is 7.65. The van der Waals surface area contributed by atoms with Crippen molar-refractivity contribution in [1.82, 2.24) is 0 Å². The third kappa shape index (κ3) is 4.76. The molecule has 1 aliphatic carbocycles. The van der Waals surface area contributed by atoms with Crippen molar-refractivity contribution in [2.75, 3.05) is 0 Å². The Labute approximate surface area is 130 Å². The molecule has 1 aromatic rings. The Hall–Kier alpha value is -0.405. The van der Waals surface area contributed by atoms with Gasteiger partial charge in [-0.3, -0.25) is 4.99 Å². The van der Waals surface area contributed by atoms with Gasteiger partial charge in [0.25, 0.3) is 0 Å². The molecule has 0 saturated heterocycles. The van der Waals surface area contributed by atoms with Crippen LogP contribution in [0.5, 0.6) is 0 Å². The van der Waals surface area contributed by atoms with Gasteiger partial charge in [0.15, 0.2) is 0 Å². The molecule has 3 heteroatoms. The fraction of sp³-hybridized carbons (Fsp3) is 0.214. The normalized spacial score (nSPS) is 13.8. The first-order valence-electron chi connectivity index (χ1n) is 5.24. The van der Waals surface area contributed by atoms with Crippen LogP contribution in [0.2, 0.25) is 0 Å². The molecule has 0 N–H and O–H groups in total. The number of allylic oxidation sites excluding steroid dienone is 4. The molecule has 0 saturated carbocycles. The smallest absolute Gasteiger partial charge is 1.00 e. The van der Waals surface area contributed by atoms with E-state index in [1.807, 2.05) is 0 Å². The molecule has 1 nitrogen and oxygen atoms in total. The Morgan fingerprint density at radius 2 is 1.82 bits per heavy atom. The number of aryl methyl sites for hydroxylation is 1. The maximum atomic E-state index is 4.59. The minimum absolute atomic E-state index is 0. The van der Waals surface area contributed by atoms with Crippen LogP contribution in [0.3, 0.4) is 0 Å². The van der Waals surface area contributed by atoms with Crippen LogP contribution >= 0.6 is 0 Å². The third-order valence-electron chi connectivity index (χ3n) is 2.57. The van der Waals surface area contributed by atoms with E-state index < -0.39 is 0 Å². The van der Waals surface area contributed by atoms with E-state index in [0.29, 0.717) is 0 Å². The zero-order valence-electron chi connectivity index (χ0n) is 10.3. The molecule has 0 bridgehead atoms. The second-order valence-electron chi connectivity index (χ2n) is 3.86. The zero-order chi connectivity index (χ0) is 10.7. The largest absolute Gasteiger partial charge is 1.00 e. The van der Waals surface area contributed by atoms with Gasteiger partial charge >= 0.3 is 27.7 Å². The number of hydrogen-bond donors (Lipinski definition) is 0. The summed E-state index contributed by atoms with van der Waals surface area (Å²) in [6.45, 7) is 4.16. The molecule has 0 heterocycles. The van der Waals surface area contributed by atoms with E-state index in [-0.39, 0.29) is 40.1 Å². The predicted molar refractivity (Wildman–Crippen MR) is 65.8 cm³/mol. The van der Waals surface area contributed by atoms with Crippen molar-refractivity contribution in [3.63, 3.8) is 0 Å². The summed E-state index contributed by atoms with van der Waals surface area (Å²) in [5.41, 5.74) is 4.73. The predicted octanol–water partition coefficient (Wildman–Crippen LogP) is 0.975. The van der Waals surface area contributed by atoms with Gasteiger partial charge in [0.05, 0.1) is 5.69 Å². The minimum atomic E-state index is 0. The molecule has 0 fully saturated rings. The number of rotatable bonds is 2. The fourth-order valence-corrected chi connectivity index (χ4v) is 1.60. The Morgan fingerprint density at radius 3 is 2.35 bits per heavy atom. The van der Waals surface area contributed by atoms with Crippen molar-refractivity contribution in [3.05, 3.63) is 53.6 Å². The molecule has 0 aromatic heterocycles. The van der Waals surface area contributed by atoms with Crippen LogP contribution in [0.1, 0.15) is 18.9 Å². The Morgan fingerprint density at radius 1 is 1.18 bits per heavy atom. The molecular weight excluding hydrogens is 418 g/mol. The van der Waals surface area contributed by atoms with Crippen LogP contribution in [0.4, 0.5) is 5.69 Å². The van der Waals surface area contributed by atoms with E-state index >= 15 is 0 Å². The van der Waals surface area contributed by atoms with Crippen molar-refractivity contribution in [3.8, 4) is 0 Å². The quantitative estimate of drug-likeness (QED) is 0.487. The van der Waals surface area contributed by atoms with Gasteiger partial charge in [0.2, 0.25) is 0 Å². The van der Waals surface area contributed by atoms with E-state index in [0.717, 1.165) is 17.8 Å². The van der Waals surface area contributed by atoms with Gasteiger partial charge in [-0.15, -0.1) is 0 Å². The van der Waals surface area contributed by atoms with Gasteiger partial charge in [-0.2, -0.15) is 0 Å². The van der Waals surface area contributed by atoms with Crippen LogP contribution in [0, 0.1) is 6.92 Å². The molecule has 0 aliphatic heterocycles. The van der Waals surface area contributed by atoms with E-state index in [2.05, 4.69) is 61.3 Å². The molecule has 85 valence electrons. The average molecular weight is 433 g/mol. The maximum absolute atomic E-state index is 4.59. The summed E-state index contributed by atoms with van der Waals surface area (Å²) < 4.78 is 0. The number of aliphatic imine (C=N–C) groups is 1. The van der Waals surface area contributed by atoms with E-state index in [1.165, 1.54) is 11.1 Å². The van der Waals surface area contributed by atoms with Crippen LogP contribution in [0.25, 0.3) is 0 Å². The molecule has 17 heavy (non-hydrogen) atoms. The molecule has 1 aliphatic rings. The summed E-state index contributed by atoms with van der Waals surface area (Å²) in [5, 5.41) is 0. The molecular formula is C14H15ClHgN. The zero-order valence-corrected chi connectivity index (χ0v) is 16.5. The first-order valence-corrected chi connectivity index (χ1v) is 5.24. The molecule has 0 spiro atoms. The summed E-state index contributed by atoms with van der Waals surface area (Å²) in [7, 11) is 0. The molecule has 2 rings (SSSR count). The van der Waals surface area contributed by atoms with E-state index in [9.17, 15) is 0 Å². The van der Waals surface area contributed by atoms with Crippen LogP contribution < -0.4 is 12.4 Å². The molecule has 0 unspecified atom stereocenters. The summed E-state index contributed by atoms with van der Waals surface area (Å²) in [4.78, 5) is 4.59. The van der Waals surface area contributed by atoms with Crippen molar-refractivity contribution in [2.24, 2.45) is 4.99 Å². The first-order chi connectivity index (χ1) is 7.25. The molecule has 1 aromatic carbocycles. The van der Waals surface area contributed by atoms with Crippen LogP contribution in [-0.2, 0) is 27.7 Å². The number of nitrogens with zero attached hydrogens (tertiary/aromatic N) is 1. The summed E-state index contributed by atoms with van der Waals surface area (Å²) in [6.07, 6.45) is 7.39. The molecule has 0 amide bonds. The number of halogens is 1. The topological polar surface area (TPSA) is 12.4 Å². The van der Waals surface area contributed by atoms with Crippen molar-refractivity contribution in [2.45, 2.75) is 20.3 Å². The van der Waals surface area contributed by atoms with Crippen molar-refractivity contribution in [1.29, 1.82) is 0 Å². The van der Waals surface area contributed by atoms with Gasteiger partial charge in [-0.1, -0.05) is 35.9 Å². The molecule has 0 atom stereocenters. The van der Waals surface area contributed by atoms with E-state index in [4.69, 9.17) is 0 Å². The Balaban J connectivity index is 0.00000128. The summed E-state index contributed by atoms with van der Waals surface area (Å²) in [5.74, 6) is 0. The van der Waals surface area contributed by atoms with Crippen LogP contribution in [-0.4, -0.2) is 5.71 Å². The van der Waals surface area contributed by atoms with Crippen molar-refractivity contribution < 1.29 is 40.1 Å². The third-order valence-corrected chi connectivity index (χ3v) is 2.57.